The fraction of sp³-hybridized carbons (Fsp3) is 0.176. The van der Waals surface area contributed by atoms with E-state index in [9.17, 15) is 4.79 Å². The van der Waals surface area contributed by atoms with Gasteiger partial charge in [0.25, 0.3) is 0 Å². The molecule has 1 amide bonds. The zero-order chi connectivity index (χ0) is 16.4. The van der Waals surface area contributed by atoms with E-state index in [1.165, 1.54) is 16.9 Å². The number of aryl methyl sites for hydroxylation is 1. The minimum absolute atomic E-state index is 0.111. The van der Waals surface area contributed by atoms with Gasteiger partial charge in [0.1, 0.15) is 5.52 Å². The summed E-state index contributed by atoms with van der Waals surface area (Å²) in [5, 5.41) is 4.42. The van der Waals surface area contributed by atoms with Gasteiger partial charge in [-0.3, -0.25) is 4.79 Å². The highest BCUT2D eigenvalue weighted by molar-refractivity contribution is 7.23. The normalized spacial score (nSPS) is 10.9. The Bertz CT molecular complexity index is 820. The summed E-state index contributed by atoms with van der Waals surface area (Å²) in [6, 6.07) is 11.5. The molecule has 0 aliphatic rings. The monoisotopic (exact) mass is 364 g/mol. The number of rotatable bonds is 4. The van der Waals surface area contributed by atoms with Gasteiger partial charge in [0, 0.05) is 0 Å². The maximum Gasteiger partial charge on any atom is 0.230 e. The summed E-state index contributed by atoms with van der Waals surface area (Å²) in [7, 11) is 0. The molecule has 118 valence electrons. The summed E-state index contributed by atoms with van der Waals surface area (Å²) < 4.78 is 0.779. The number of hydrogen-bond acceptors (Lipinski definition) is 3. The van der Waals surface area contributed by atoms with Gasteiger partial charge < -0.3 is 5.32 Å². The van der Waals surface area contributed by atoms with Gasteiger partial charge >= 0.3 is 0 Å². The molecule has 0 saturated carbocycles. The minimum atomic E-state index is -0.111. The number of carbonyl (C=O) groups excluding carboxylic acids is 1. The summed E-state index contributed by atoms with van der Waals surface area (Å²) >= 11 is 13.6. The first-order valence-corrected chi connectivity index (χ1v) is 8.76. The molecular formula is C17H14Cl2N2OS. The van der Waals surface area contributed by atoms with Gasteiger partial charge in [0.05, 0.1) is 21.2 Å². The van der Waals surface area contributed by atoms with Crippen molar-refractivity contribution in [3.05, 3.63) is 57.6 Å². The van der Waals surface area contributed by atoms with Crippen LogP contribution in [0.15, 0.2) is 36.4 Å². The number of aromatic nitrogens is 1. The third-order valence-corrected chi connectivity index (χ3v) is 5.22. The summed E-state index contributed by atoms with van der Waals surface area (Å²) in [5.41, 5.74) is 2.84. The molecule has 3 nitrogen and oxygen atoms in total. The van der Waals surface area contributed by atoms with Gasteiger partial charge in [-0.25, -0.2) is 4.98 Å². The molecule has 0 spiro atoms. The molecule has 0 aliphatic carbocycles. The van der Waals surface area contributed by atoms with Crippen molar-refractivity contribution in [2.45, 2.75) is 19.8 Å². The minimum Gasteiger partial charge on any atom is -0.302 e. The van der Waals surface area contributed by atoms with Gasteiger partial charge in [-0.15, -0.1) is 0 Å². The Hall–Kier alpha value is -1.62. The molecule has 0 unspecified atom stereocenters. The first-order valence-electron chi connectivity index (χ1n) is 7.19. The summed E-state index contributed by atoms with van der Waals surface area (Å²) in [6.45, 7) is 2.10. The van der Waals surface area contributed by atoms with Crippen LogP contribution in [0, 0.1) is 0 Å². The predicted molar refractivity (Wildman–Crippen MR) is 97.8 cm³/mol. The Morgan fingerprint density at radius 1 is 1.09 bits per heavy atom. The predicted octanol–water partition coefficient (Wildman–Crippen LogP) is 5.35. The van der Waals surface area contributed by atoms with Crippen LogP contribution < -0.4 is 5.32 Å². The highest BCUT2D eigenvalue weighted by Gasteiger charge is 2.13. The van der Waals surface area contributed by atoms with Crippen LogP contribution in [0.2, 0.25) is 10.0 Å². The Morgan fingerprint density at radius 2 is 1.74 bits per heavy atom. The number of carbonyl (C=O) groups is 1. The molecule has 3 aromatic rings. The average Bonchev–Trinajstić information content (AvgIpc) is 2.96. The number of amides is 1. The summed E-state index contributed by atoms with van der Waals surface area (Å²) in [5.74, 6) is -0.111. The summed E-state index contributed by atoms with van der Waals surface area (Å²) in [6.07, 6.45) is 1.29. The fourth-order valence-electron chi connectivity index (χ4n) is 2.24. The lowest BCUT2D eigenvalue weighted by atomic mass is 10.1. The van der Waals surface area contributed by atoms with E-state index in [1.54, 1.807) is 12.1 Å². The lowest BCUT2D eigenvalue weighted by molar-refractivity contribution is -0.115. The van der Waals surface area contributed by atoms with Crippen molar-refractivity contribution >= 4 is 55.8 Å². The molecular weight excluding hydrogens is 351 g/mol. The molecule has 6 heteroatoms. The molecule has 0 aliphatic heterocycles. The Kier molecular flexibility index (Phi) is 4.85. The van der Waals surface area contributed by atoms with Crippen molar-refractivity contribution in [3.63, 3.8) is 0 Å². The zero-order valence-electron chi connectivity index (χ0n) is 12.4. The number of thiazole rings is 1. The fourth-order valence-corrected chi connectivity index (χ4v) is 3.68. The van der Waals surface area contributed by atoms with Gasteiger partial charge in [0.15, 0.2) is 5.13 Å². The lowest BCUT2D eigenvalue weighted by Crippen LogP contribution is -2.14. The molecule has 0 fully saturated rings. The molecule has 1 N–H and O–H groups in total. The van der Waals surface area contributed by atoms with Crippen molar-refractivity contribution in [1.82, 2.24) is 4.98 Å². The zero-order valence-corrected chi connectivity index (χ0v) is 14.7. The molecule has 3 rings (SSSR count). The SMILES string of the molecule is CCc1ccc(CC(=O)Nc2nc3c(Cl)ccc(Cl)c3s2)cc1. The van der Waals surface area contributed by atoms with Crippen LogP contribution in [-0.4, -0.2) is 10.9 Å². The highest BCUT2D eigenvalue weighted by atomic mass is 35.5. The molecule has 0 saturated heterocycles. The van der Waals surface area contributed by atoms with Crippen molar-refractivity contribution in [3.8, 4) is 0 Å². The second-order valence-corrected chi connectivity index (χ2v) is 6.93. The molecule has 2 aromatic carbocycles. The first-order chi connectivity index (χ1) is 11.1. The van der Waals surface area contributed by atoms with Crippen LogP contribution in [-0.2, 0) is 17.6 Å². The van der Waals surface area contributed by atoms with E-state index in [0.29, 0.717) is 27.1 Å². The summed E-state index contributed by atoms with van der Waals surface area (Å²) in [4.78, 5) is 16.5. The first kappa shape index (κ1) is 16.2. The number of nitrogens with one attached hydrogen (secondary N) is 1. The quantitative estimate of drug-likeness (QED) is 0.678. The van der Waals surface area contributed by atoms with Crippen LogP contribution in [0.1, 0.15) is 18.1 Å². The second kappa shape index (κ2) is 6.87. The van der Waals surface area contributed by atoms with E-state index in [4.69, 9.17) is 23.2 Å². The van der Waals surface area contributed by atoms with E-state index in [-0.39, 0.29) is 5.91 Å². The number of hydrogen-bond donors (Lipinski definition) is 1. The Labute approximate surface area is 148 Å². The van der Waals surface area contributed by atoms with Crippen molar-refractivity contribution in [2.75, 3.05) is 5.32 Å². The maximum atomic E-state index is 12.2. The molecule has 0 bridgehead atoms. The third-order valence-electron chi connectivity index (χ3n) is 3.49. The number of nitrogens with zero attached hydrogens (tertiary/aromatic N) is 1. The van der Waals surface area contributed by atoms with E-state index in [0.717, 1.165) is 16.7 Å². The lowest BCUT2D eigenvalue weighted by Gasteiger charge is -2.03. The molecule has 0 atom stereocenters. The average molecular weight is 365 g/mol. The highest BCUT2D eigenvalue weighted by Crippen LogP contribution is 2.36. The van der Waals surface area contributed by atoms with Gasteiger partial charge in [-0.2, -0.15) is 0 Å². The smallest absolute Gasteiger partial charge is 0.230 e. The van der Waals surface area contributed by atoms with Crippen LogP contribution in [0.25, 0.3) is 10.2 Å². The maximum absolute atomic E-state index is 12.2. The number of benzene rings is 2. The number of fused-ring (bicyclic) bond motifs is 1. The van der Waals surface area contributed by atoms with Crippen molar-refractivity contribution in [1.29, 1.82) is 0 Å². The van der Waals surface area contributed by atoms with Crippen LogP contribution in [0.5, 0.6) is 0 Å². The Balaban J connectivity index is 1.74. The largest absolute Gasteiger partial charge is 0.302 e. The van der Waals surface area contributed by atoms with Crippen LogP contribution in [0.4, 0.5) is 5.13 Å². The molecule has 23 heavy (non-hydrogen) atoms. The van der Waals surface area contributed by atoms with E-state index >= 15 is 0 Å². The van der Waals surface area contributed by atoms with E-state index in [2.05, 4.69) is 17.2 Å². The van der Waals surface area contributed by atoms with Crippen molar-refractivity contribution in [2.24, 2.45) is 0 Å². The second-order valence-electron chi connectivity index (χ2n) is 5.12. The third kappa shape index (κ3) is 3.66. The Morgan fingerprint density at radius 3 is 2.39 bits per heavy atom. The van der Waals surface area contributed by atoms with E-state index < -0.39 is 0 Å². The molecule has 1 heterocycles. The van der Waals surface area contributed by atoms with Crippen LogP contribution >= 0.6 is 34.5 Å². The molecule has 0 radical (unpaired) electrons. The van der Waals surface area contributed by atoms with Crippen molar-refractivity contribution < 1.29 is 4.79 Å². The van der Waals surface area contributed by atoms with E-state index in [1.807, 2.05) is 24.3 Å². The van der Waals surface area contributed by atoms with Gasteiger partial charge in [0.2, 0.25) is 5.91 Å². The number of halogens is 2. The molecule has 1 aromatic heterocycles. The van der Waals surface area contributed by atoms with Gasteiger partial charge in [-0.1, -0.05) is 65.7 Å². The topological polar surface area (TPSA) is 42.0 Å². The van der Waals surface area contributed by atoms with Crippen LogP contribution in [0.3, 0.4) is 0 Å². The number of anilines is 1. The standard InChI is InChI=1S/C17H14Cl2N2OS/c1-2-10-3-5-11(6-4-10)9-14(22)20-17-21-15-12(18)7-8-13(19)16(15)23-17/h3-8H,2,9H2,1H3,(H,20,21,22). The van der Waals surface area contributed by atoms with Gasteiger partial charge in [-0.05, 0) is 29.7 Å².